The van der Waals surface area contributed by atoms with Crippen LogP contribution in [0.1, 0.15) is 35.7 Å². The van der Waals surface area contributed by atoms with Gasteiger partial charge in [0, 0.05) is 30.7 Å². The Morgan fingerprint density at radius 1 is 1.19 bits per heavy atom. The molecule has 0 unspecified atom stereocenters. The van der Waals surface area contributed by atoms with Crippen molar-refractivity contribution in [3.05, 3.63) is 71.5 Å². The summed E-state index contributed by atoms with van der Waals surface area (Å²) >= 11 is 0. The summed E-state index contributed by atoms with van der Waals surface area (Å²) in [5, 5.41) is 3.22. The van der Waals surface area contributed by atoms with Crippen molar-refractivity contribution in [1.82, 2.24) is 10.2 Å². The van der Waals surface area contributed by atoms with E-state index < -0.39 is 0 Å². The van der Waals surface area contributed by atoms with Crippen LogP contribution in [0.25, 0.3) is 0 Å². The van der Waals surface area contributed by atoms with E-state index in [1.54, 1.807) is 12.1 Å². The fourth-order valence-corrected chi connectivity index (χ4v) is 4.73. The lowest BCUT2D eigenvalue weighted by molar-refractivity contribution is 0.0877. The minimum Gasteiger partial charge on any atom is -0.347 e. The van der Waals surface area contributed by atoms with Crippen molar-refractivity contribution in [3.63, 3.8) is 0 Å². The quantitative estimate of drug-likeness (QED) is 0.906. The molecule has 1 amide bonds. The molecule has 2 fully saturated rings. The normalized spacial score (nSPS) is 28.1. The Labute approximate surface area is 154 Å². The number of carbonyl (C=O) groups is 1. The van der Waals surface area contributed by atoms with Crippen molar-refractivity contribution in [2.75, 3.05) is 13.1 Å². The molecule has 1 saturated carbocycles. The predicted molar refractivity (Wildman–Crippen MR) is 100 cm³/mol. The van der Waals surface area contributed by atoms with E-state index in [1.807, 2.05) is 6.07 Å². The number of amides is 1. The molecule has 0 bridgehead atoms. The molecule has 0 spiro atoms. The molecule has 2 aromatic rings. The lowest BCUT2D eigenvalue weighted by atomic mass is 9.86. The molecule has 4 rings (SSSR count). The van der Waals surface area contributed by atoms with E-state index in [4.69, 9.17) is 0 Å². The van der Waals surface area contributed by atoms with Gasteiger partial charge >= 0.3 is 0 Å². The first-order chi connectivity index (χ1) is 12.5. The SMILES string of the molecule is C[C@@]1(NC(=O)c2cccc(F)c2)CC[C@@H]2CN(Cc3ccccc3)C[C@@H]21. The van der Waals surface area contributed by atoms with Crippen LogP contribution in [0, 0.1) is 17.7 Å². The number of benzene rings is 2. The molecule has 1 aliphatic heterocycles. The molecule has 136 valence electrons. The second kappa shape index (κ2) is 6.84. The van der Waals surface area contributed by atoms with Crippen LogP contribution in [-0.4, -0.2) is 29.4 Å². The van der Waals surface area contributed by atoms with Crippen LogP contribution < -0.4 is 5.32 Å². The molecule has 1 saturated heterocycles. The fraction of sp³-hybridized carbons (Fsp3) is 0.409. The van der Waals surface area contributed by atoms with Gasteiger partial charge in [-0.25, -0.2) is 4.39 Å². The number of halogens is 1. The third-order valence-corrected chi connectivity index (χ3v) is 6.10. The number of fused-ring (bicyclic) bond motifs is 1. The van der Waals surface area contributed by atoms with Crippen molar-refractivity contribution in [3.8, 4) is 0 Å². The molecule has 2 aliphatic rings. The van der Waals surface area contributed by atoms with Crippen LogP contribution in [0.3, 0.4) is 0 Å². The van der Waals surface area contributed by atoms with Gasteiger partial charge < -0.3 is 5.32 Å². The Bertz CT molecular complexity index is 794. The second-order valence-corrected chi connectivity index (χ2v) is 7.97. The number of rotatable bonds is 4. The first-order valence-electron chi connectivity index (χ1n) is 9.38. The molecule has 0 radical (unpaired) electrons. The van der Waals surface area contributed by atoms with Gasteiger partial charge in [-0.15, -0.1) is 0 Å². The lowest BCUT2D eigenvalue weighted by Crippen LogP contribution is -2.50. The first-order valence-corrected chi connectivity index (χ1v) is 9.38. The molecule has 1 aliphatic carbocycles. The van der Waals surface area contributed by atoms with Gasteiger partial charge in [0.1, 0.15) is 5.82 Å². The summed E-state index contributed by atoms with van der Waals surface area (Å²) in [6.45, 7) is 5.20. The Morgan fingerprint density at radius 2 is 2.00 bits per heavy atom. The van der Waals surface area contributed by atoms with Gasteiger partial charge in [0.15, 0.2) is 0 Å². The predicted octanol–water partition coefficient (Wildman–Crippen LogP) is 3.86. The fourth-order valence-electron chi connectivity index (χ4n) is 4.73. The van der Waals surface area contributed by atoms with E-state index >= 15 is 0 Å². The summed E-state index contributed by atoms with van der Waals surface area (Å²) < 4.78 is 13.4. The summed E-state index contributed by atoms with van der Waals surface area (Å²) in [4.78, 5) is 15.1. The van der Waals surface area contributed by atoms with E-state index in [0.29, 0.717) is 17.4 Å². The Balaban J connectivity index is 1.43. The third-order valence-electron chi connectivity index (χ3n) is 6.10. The van der Waals surface area contributed by atoms with Crippen LogP contribution in [0.4, 0.5) is 4.39 Å². The number of likely N-dealkylation sites (tertiary alicyclic amines) is 1. The van der Waals surface area contributed by atoms with E-state index in [0.717, 1.165) is 32.5 Å². The zero-order chi connectivity index (χ0) is 18.1. The summed E-state index contributed by atoms with van der Waals surface area (Å²) in [5.74, 6) is 0.524. The zero-order valence-electron chi connectivity index (χ0n) is 15.1. The highest BCUT2D eigenvalue weighted by atomic mass is 19.1. The summed E-state index contributed by atoms with van der Waals surface area (Å²) in [7, 11) is 0. The highest BCUT2D eigenvalue weighted by Gasteiger charge is 2.50. The molecule has 26 heavy (non-hydrogen) atoms. The van der Waals surface area contributed by atoms with Crippen LogP contribution in [0.15, 0.2) is 54.6 Å². The summed E-state index contributed by atoms with van der Waals surface area (Å²) in [5.41, 5.74) is 1.51. The Morgan fingerprint density at radius 3 is 2.77 bits per heavy atom. The van der Waals surface area contributed by atoms with Gasteiger partial charge in [-0.05, 0) is 55.4 Å². The Kier molecular flexibility index (Phi) is 4.53. The van der Waals surface area contributed by atoms with E-state index in [9.17, 15) is 9.18 Å². The maximum absolute atomic E-state index is 13.4. The molecule has 3 atom stereocenters. The maximum Gasteiger partial charge on any atom is 0.251 e. The minimum absolute atomic E-state index is 0.172. The van der Waals surface area contributed by atoms with Crippen molar-refractivity contribution in [2.45, 2.75) is 31.8 Å². The van der Waals surface area contributed by atoms with Gasteiger partial charge in [0.25, 0.3) is 5.91 Å². The molecule has 1 heterocycles. The molecule has 4 heteroatoms. The van der Waals surface area contributed by atoms with Crippen LogP contribution >= 0.6 is 0 Å². The average molecular weight is 352 g/mol. The largest absolute Gasteiger partial charge is 0.347 e. The number of carbonyl (C=O) groups excluding carboxylic acids is 1. The van der Waals surface area contributed by atoms with E-state index in [2.05, 4.69) is 41.4 Å². The third kappa shape index (κ3) is 3.38. The van der Waals surface area contributed by atoms with E-state index in [1.165, 1.54) is 17.7 Å². The van der Waals surface area contributed by atoms with Crippen molar-refractivity contribution >= 4 is 5.91 Å². The minimum atomic E-state index is -0.373. The zero-order valence-corrected chi connectivity index (χ0v) is 15.1. The molecule has 2 aromatic carbocycles. The number of hydrogen-bond acceptors (Lipinski definition) is 2. The van der Waals surface area contributed by atoms with Gasteiger partial charge in [-0.1, -0.05) is 36.4 Å². The molecule has 1 N–H and O–H groups in total. The standard InChI is InChI=1S/C22H25FN2O/c1-22(24-21(26)17-8-5-9-19(23)12-17)11-10-18-14-25(15-20(18)22)13-16-6-3-2-4-7-16/h2-9,12,18,20H,10-11,13-15H2,1H3,(H,24,26)/t18-,20+,22-/m1/s1. The monoisotopic (exact) mass is 352 g/mol. The average Bonchev–Trinajstić information content (AvgIpc) is 3.16. The van der Waals surface area contributed by atoms with Crippen LogP contribution in [-0.2, 0) is 6.54 Å². The molecule has 3 nitrogen and oxygen atoms in total. The van der Waals surface area contributed by atoms with Crippen molar-refractivity contribution in [2.24, 2.45) is 11.8 Å². The van der Waals surface area contributed by atoms with E-state index in [-0.39, 0.29) is 17.3 Å². The topological polar surface area (TPSA) is 32.3 Å². The van der Waals surface area contributed by atoms with Crippen LogP contribution in [0.2, 0.25) is 0 Å². The van der Waals surface area contributed by atoms with Gasteiger partial charge in [0.05, 0.1) is 0 Å². The Hall–Kier alpha value is -2.20. The van der Waals surface area contributed by atoms with Crippen LogP contribution in [0.5, 0.6) is 0 Å². The number of hydrogen-bond donors (Lipinski definition) is 1. The van der Waals surface area contributed by atoms with Gasteiger partial charge in [-0.2, -0.15) is 0 Å². The molecule has 0 aromatic heterocycles. The lowest BCUT2D eigenvalue weighted by Gasteiger charge is -2.33. The maximum atomic E-state index is 13.4. The smallest absolute Gasteiger partial charge is 0.251 e. The molecular weight excluding hydrogens is 327 g/mol. The van der Waals surface area contributed by atoms with Gasteiger partial charge in [0.2, 0.25) is 0 Å². The summed E-state index contributed by atoms with van der Waals surface area (Å²) in [6.07, 6.45) is 2.12. The van der Waals surface area contributed by atoms with Crippen molar-refractivity contribution < 1.29 is 9.18 Å². The highest BCUT2D eigenvalue weighted by molar-refractivity contribution is 5.94. The first kappa shape index (κ1) is 17.2. The number of nitrogens with one attached hydrogen (secondary N) is 1. The highest BCUT2D eigenvalue weighted by Crippen LogP contribution is 2.45. The second-order valence-electron chi connectivity index (χ2n) is 7.97. The number of nitrogens with zero attached hydrogens (tertiary/aromatic N) is 1. The summed E-state index contributed by atoms with van der Waals surface area (Å²) in [6, 6.07) is 16.5. The van der Waals surface area contributed by atoms with Crippen molar-refractivity contribution in [1.29, 1.82) is 0 Å². The molecular formula is C22H25FN2O. The van der Waals surface area contributed by atoms with Gasteiger partial charge in [-0.3, -0.25) is 9.69 Å².